The third kappa shape index (κ3) is 6.30. The number of rotatable bonds is 8. The Balaban J connectivity index is 1.59. The van der Waals surface area contributed by atoms with Crippen molar-refractivity contribution in [2.24, 2.45) is 10.7 Å². The van der Waals surface area contributed by atoms with E-state index in [1.165, 1.54) is 61.8 Å². The highest BCUT2D eigenvalue weighted by molar-refractivity contribution is 6.34. The normalized spacial score (nSPS) is 15.5. The number of nitrogen functional groups attached to an aromatic ring is 1. The van der Waals surface area contributed by atoms with Crippen LogP contribution in [0.1, 0.15) is 18.4 Å². The number of hydrogen-bond donors (Lipinski definition) is 3. The zero-order valence-corrected chi connectivity index (χ0v) is 21.6. The molecule has 1 aliphatic rings. The van der Waals surface area contributed by atoms with E-state index < -0.39 is 53.4 Å². The minimum atomic E-state index is -1.01. The average Bonchev–Trinajstić information content (AvgIpc) is 2.91. The Morgan fingerprint density at radius 1 is 1.12 bits per heavy atom. The zero-order valence-electron chi connectivity index (χ0n) is 20.9. The quantitative estimate of drug-likeness (QED) is 0.272. The molecule has 3 aromatic rings. The molecule has 0 bridgehead atoms. The molecule has 13 heteroatoms. The molecule has 1 aliphatic heterocycles. The van der Waals surface area contributed by atoms with Crippen LogP contribution in [0.5, 0.6) is 11.5 Å². The lowest BCUT2D eigenvalue weighted by Crippen LogP contribution is -2.32. The number of anilines is 2. The van der Waals surface area contributed by atoms with Gasteiger partial charge in [-0.3, -0.25) is 19.4 Å². The minimum absolute atomic E-state index is 0.00196. The Hall–Kier alpha value is -4.68. The van der Waals surface area contributed by atoms with Gasteiger partial charge in [0.1, 0.15) is 34.9 Å². The van der Waals surface area contributed by atoms with Crippen LogP contribution in [0, 0.1) is 11.6 Å². The van der Waals surface area contributed by atoms with E-state index in [-0.39, 0.29) is 33.7 Å². The van der Waals surface area contributed by atoms with Crippen LogP contribution in [-0.2, 0) is 19.1 Å². The molecule has 2 atom stereocenters. The Kier molecular flexibility index (Phi) is 8.51. The number of ether oxygens (including phenoxy) is 2. The number of nitrogens with one attached hydrogen (secondary N) is 1. The summed E-state index contributed by atoms with van der Waals surface area (Å²) in [6.45, 7) is 0.891. The van der Waals surface area contributed by atoms with Gasteiger partial charge in [0, 0.05) is 30.2 Å². The number of pyridine rings is 1. The SMILES string of the molecule is CC(N)C(=O)OCC1=C(C(=O)Nc2ccc(Oc3ccnc(N)c3Cl)c(F)c2)C(=O)[C@@H](c2ccc(F)cc2)C=N1. The van der Waals surface area contributed by atoms with E-state index in [2.05, 4.69) is 15.3 Å². The molecule has 1 unspecified atom stereocenters. The van der Waals surface area contributed by atoms with E-state index in [9.17, 15) is 23.2 Å². The molecule has 206 valence electrons. The molecule has 2 heterocycles. The van der Waals surface area contributed by atoms with Gasteiger partial charge in [-0.2, -0.15) is 0 Å². The predicted molar refractivity (Wildman–Crippen MR) is 143 cm³/mol. The minimum Gasteiger partial charge on any atom is -0.458 e. The maximum absolute atomic E-state index is 14.8. The van der Waals surface area contributed by atoms with Crippen molar-refractivity contribution >= 4 is 47.0 Å². The number of aliphatic imine (C=N–C) groups is 1. The van der Waals surface area contributed by atoms with Crippen molar-refractivity contribution in [3.8, 4) is 11.5 Å². The number of amides is 1. The first-order chi connectivity index (χ1) is 19.0. The van der Waals surface area contributed by atoms with Crippen molar-refractivity contribution in [2.45, 2.75) is 18.9 Å². The van der Waals surface area contributed by atoms with Crippen LogP contribution in [0.15, 0.2) is 71.0 Å². The summed E-state index contributed by atoms with van der Waals surface area (Å²) < 4.78 is 38.8. The molecule has 0 saturated carbocycles. The summed E-state index contributed by atoms with van der Waals surface area (Å²) in [6, 6.07) is 9.09. The number of benzene rings is 2. The molecule has 0 aliphatic carbocycles. The van der Waals surface area contributed by atoms with Crippen LogP contribution in [0.3, 0.4) is 0 Å². The molecule has 4 rings (SSSR count). The van der Waals surface area contributed by atoms with Gasteiger partial charge in [0.15, 0.2) is 23.1 Å². The maximum Gasteiger partial charge on any atom is 0.323 e. The zero-order chi connectivity index (χ0) is 29.0. The van der Waals surface area contributed by atoms with Gasteiger partial charge in [0.25, 0.3) is 5.91 Å². The third-order valence-electron chi connectivity index (χ3n) is 5.67. The molecular weight excluding hydrogens is 548 g/mol. The molecule has 0 saturated heterocycles. The largest absolute Gasteiger partial charge is 0.458 e. The number of nitrogens with zero attached hydrogens (tertiary/aromatic N) is 2. The fraction of sp³-hybridized carbons (Fsp3) is 0.148. The van der Waals surface area contributed by atoms with Crippen molar-refractivity contribution in [3.63, 3.8) is 0 Å². The van der Waals surface area contributed by atoms with Crippen molar-refractivity contribution < 1.29 is 32.6 Å². The lowest BCUT2D eigenvalue weighted by atomic mass is 9.88. The highest BCUT2D eigenvalue weighted by atomic mass is 35.5. The summed E-state index contributed by atoms with van der Waals surface area (Å²) in [5, 5.41) is 2.44. The molecule has 10 nitrogen and oxygen atoms in total. The molecule has 0 spiro atoms. The number of nitrogens with two attached hydrogens (primary N) is 2. The molecule has 40 heavy (non-hydrogen) atoms. The van der Waals surface area contributed by atoms with Crippen LogP contribution < -0.4 is 21.5 Å². The first-order valence-electron chi connectivity index (χ1n) is 11.7. The number of esters is 1. The van der Waals surface area contributed by atoms with E-state index in [4.69, 9.17) is 32.5 Å². The number of Topliss-reactive ketones (excluding diaryl/α,β-unsaturated/α-hetero) is 1. The monoisotopic (exact) mass is 569 g/mol. The molecule has 1 amide bonds. The number of halogens is 3. The second kappa shape index (κ2) is 12.0. The first-order valence-corrected chi connectivity index (χ1v) is 12.1. The van der Waals surface area contributed by atoms with E-state index in [0.717, 1.165) is 6.07 Å². The summed E-state index contributed by atoms with van der Waals surface area (Å²) >= 11 is 6.04. The van der Waals surface area contributed by atoms with Crippen molar-refractivity contribution in [2.75, 3.05) is 17.7 Å². The van der Waals surface area contributed by atoms with Crippen LogP contribution in [-0.4, -0.2) is 41.5 Å². The Bertz CT molecular complexity index is 1540. The first kappa shape index (κ1) is 28.3. The van der Waals surface area contributed by atoms with Gasteiger partial charge in [-0.1, -0.05) is 23.7 Å². The Labute approximate surface area is 231 Å². The van der Waals surface area contributed by atoms with Gasteiger partial charge in [-0.25, -0.2) is 13.8 Å². The van der Waals surface area contributed by atoms with E-state index in [1.807, 2.05) is 0 Å². The molecule has 2 aromatic carbocycles. The van der Waals surface area contributed by atoms with Crippen LogP contribution >= 0.6 is 11.6 Å². The maximum atomic E-state index is 14.8. The number of aromatic nitrogens is 1. The summed E-state index contributed by atoms with van der Waals surface area (Å²) in [6.07, 6.45) is 2.60. The summed E-state index contributed by atoms with van der Waals surface area (Å²) in [5.74, 6) is -4.93. The van der Waals surface area contributed by atoms with Crippen LogP contribution in [0.2, 0.25) is 5.02 Å². The molecule has 5 N–H and O–H groups in total. The molecular formula is C27H22ClF2N5O5. The second-order valence-corrected chi connectivity index (χ2v) is 8.98. The van der Waals surface area contributed by atoms with Gasteiger partial charge in [0.05, 0.1) is 11.6 Å². The second-order valence-electron chi connectivity index (χ2n) is 8.60. The fourth-order valence-electron chi connectivity index (χ4n) is 3.62. The van der Waals surface area contributed by atoms with Crippen molar-refractivity contribution in [1.82, 2.24) is 4.98 Å². The number of ketones is 1. The van der Waals surface area contributed by atoms with Crippen molar-refractivity contribution in [1.29, 1.82) is 0 Å². The van der Waals surface area contributed by atoms with E-state index in [0.29, 0.717) is 5.56 Å². The summed E-state index contributed by atoms with van der Waals surface area (Å²) in [7, 11) is 0. The lowest BCUT2D eigenvalue weighted by molar-refractivity contribution is -0.144. The smallest absolute Gasteiger partial charge is 0.323 e. The molecule has 0 fully saturated rings. The number of hydrogen-bond acceptors (Lipinski definition) is 9. The van der Waals surface area contributed by atoms with E-state index >= 15 is 0 Å². The Morgan fingerprint density at radius 2 is 1.85 bits per heavy atom. The predicted octanol–water partition coefficient (Wildman–Crippen LogP) is 3.91. The lowest BCUT2D eigenvalue weighted by Gasteiger charge is -2.21. The highest BCUT2D eigenvalue weighted by Crippen LogP contribution is 2.34. The summed E-state index contributed by atoms with van der Waals surface area (Å²) in [5.41, 5.74) is 10.9. The van der Waals surface area contributed by atoms with Gasteiger partial charge < -0.3 is 26.3 Å². The fourth-order valence-corrected chi connectivity index (χ4v) is 3.77. The average molecular weight is 570 g/mol. The van der Waals surface area contributed by atoms with Gasteiger partial charge in [-0.05, 0) is 36.8 Å². The van der Waals surface area contributed by atoms with Gasteiger partial charge >= 0.3 is 5.97 Å². The summed E-state index contributed by atoms with van der Waals surface area (Å²) in [4.78, 5) is 46.6. The topological polar surface area (TPSA) is 159 Å². The standard InChI is InChI=1S/C27H22ClF2N5O5/c1-13(31)27(38)39-12-19-22(24(36)17(11-34-19)14-2-4-15(29)5-3-14)26(37)35-16-6-7-20(18(30)10-16)40-21-8-9-33-25(32)23(21)28/h2-11,13,17H,12,31H2,1H3,(H2,32,33)(H,35,37)/t13?,17-/m1/s1. The highest BCUT2D eigenvalue weighted by Gasteiger charge is 2.34. The van der Waals surface area contributed by atoms with Gasteiger partial charge in [0.2, 0.25) is 0 Å². The molecule has 1 aromatic heterocycles. The Morgan fingerprint density at radius 3 is 2.52 bits per heavy atom. The number of carbonyl (C=O) groups excluding carboxylic acids is 3. The van der Waals surface area contributed by atoms with E-state index in [1.54, 1.807) is 0 Å². The van der Waals surface area contributed by atoms with Crippen LogP contribution in [0.25, 0.3) is 0 Å². The van der Waals surface area contributed by atoms with Crippen molar-refractivity contribution in [3.05, 3.63) is 88.2 Å². The molecule has 0 radical (unpaired) electrons. The van der Waals surface area contributed by atoms with Gasteiger partial charge in [-0.15, -0.1) is 0 Å². The van der Waals surface area contributed by atoms with Crippen LogP contribution in [0.4, 0.5) is 20.3 Å². The third-order valence-corrected chi connectivity index (χ3v) is 6.05. The number of carbonyl (C=O) groups is 3.